The standard InChI is InChI=1S/C16H17N5O3/c22-14(18-16-20-19-13-3-1-2-7-21(13)16)10-4-5-12-11(9-10)15(23)17-6-8-24-12/h4-5,9H,1-3,6-8H2,(H,17,23)(H,18,20,22). The highest BCUT2D eigenvalue weighted by molar-refractivity contribution is 6.06. The van der Waals surface area contributed by atoms with Crippen LogP contribution in [-0.4, -0.2) is 39.7 Å². The number of fused-ring (bicyclic) bond motifs is 2. The number of carbonyl (C=O) groups excluding carboxylic acids is 2. The van der Waals surface area contributed by atoms with Gasteiger partial charge in [0.15, 0.2) is 0 Å². The molecule has 1 aromatic heterocycles. The third-order valence-electron chi connectivity index (χ3n) is 4.22. The van der Waals surface area contributed by atoms with Gasteiger partial charge in [0.05, 0.1) is 12.1 Å². The summed E-state index contributed by atoms with van der Waals surface area (Å²) in [5.41, 5.74) is 0.742. The SMILES string of the molecule is O=C(Nc1nnc2n1CCCC2)c1ccc2c(c1)C(=O)NCCO2. The van der Waals surface area contributed by atoms with Crippen molar-refractivity contribution in [3.05, 3.63) is 35.2 Å². The second-order valence-electron chi connectivity index (χ2n) is 5.82. The van der Waals surface area contributed by atoms with Crippen LogP contribution in [0.2, 0.25) is 0 Å². The first kappa shape index (κ1) is 14.7. The second kappa shape index (κ2) is 5.95. The van der Waals surface area contributed by atoms with Crippen molar-refractivity contribution in [1.29, 1.82) is 0 Å². The smallest absolute Gasteiger partial charge is 0.258 e. The topological polar surface area (TPSA) is 98.1 Å². The number of nitrogens with zero attached hydrogens (tertiary/aromatic N) is 3. The summed E-state index contributed by atoms with van der Waals surface area (Å²) in [6.07, 6.45) is 3.01. The van der Waals surface area contributed by atoms with Crippen molar-refractivity contribution in [3.8, 4) is 5.75 Å². The highest BCUT2D eigenvalue weighted by atomic mass is 16.5. The van der Waals surface area contributed by atoms with E-state index in [0.717, 1.165) is 31.6 Å². The summed E-state index contributed by atoms with van der Waals surface area (Å²) in [6.45, 7) is 1.66. The van der Waals surface area contributed by atoms with Crippen LogP contribution in [0.1, 0.15) is 39.4 Å². The number of nitrogens with one attached hydrogen (secondary N) is 2. The van der Waals surface area contributed by atoms with Crippen molar-refractivity contribution >= 4 is 17.8 Å². The Kier molecular flexibility index (Phi) is 3.64. The van der Waals surface area contributed by atoms with Gasteiger partial charge in [0.1, 0.15) is 18.2 Å². The number of rotatable bonds is 2. The van der Waals surface area contributed by atoms with Crippen molar-refractivity contribution in [2.45, 2.75) is 25.8 Å². The Morgan fingerprint density at radius 2 is 2.21 bits per heavy atom. The molecule has 0 aliphatic carbocycles. The minimum Gasteiger partial charge on any atom is -0.491 e. The van der Waals surface area contributed by atoms with E-state index >= 15 is 0 Å². The number of carbonyl (C=O) groups is 2. The quantitative estimate of drug-likeness (QED) is 0.857. The molecule has 2 aliphatic heterocycles. The highest BCUT2D eigenvalue weighted by Crippen LogP contribution is 2.23. The molecular formula is C16H17N5O3. The Labute approximate surface area is 138 Å². The summed E-state index contributed by atoms with van der Waals surface area (Å²) in [7, 11) is 0. The molecule has 0 atom stereocenters. The molecule has 4 rings (SSSR count). The van der Waals surface area contributed by atoms with E-state index in [2.05, 4.69) is 20.8 Å². The van der Waals surface area contributed by atoms with E-state index in [4.69, 9.17) is 4.74 Å². The molecule has 24 heavy (non-hydrogen) atoms. The van der Waals surface area contributed by atoms with E-state index in [0.29, 0.717) is 36.0 Å². The monoisotopic (exact) mass is 327 g/mol. The first-order valence-electron chi connectivity index (χ1n) is 8.01. The van der Waals surface area contributed by atoms with Crippen LogP contribution in [0.4, 0.5) is 5.95 Å². The molecule has 2 amide bonds. The molecule has 0 saturated carbocycles. The summed E-state index contributed by atoms with van der Waals surface area (Å²) in [4.78, 5) is 24.6. The van der Waals surface area contributed by atoms with Crippen LogP contribution >= 0.6 is 0 Å². The Morgan fingerprint density at radius 1 is 1.29 bits per heavy atom. The Hall–Kier alpha value is -2.90. The molecule has 2 aromatic rings. The lowest BCUT2D eigenvalue weighted by Gasteiger charge is -2.15. The minimum atomic E-state index is -0.323. The van der Waals surface area contributed by atoms with E-state index in [1.165, 1.54) is 0 Å². The lowest BCUT2D eigenvalue weighted by Crippen LogP contribution is -2.24. The number of anilines is 1. The predicted octanol–water partition coefficient (Wildman–Crippen LogP) is 0.989. The van der Waals surface area contributed by atoms with Crippen LogP contribution in [0.3, 0.4) is 0 Å². The zero-order valence-corrected chi connectivity index (χ0v) is 13.0. The average Bonchev–Trinajstić information content (AvgIpc) is 2.91. The first-order valence-corrected chi connectivity index (χ1v) is 8.01. The van der Waals surface area contributed by atoms with Crippen molar-refractivity contribution < 1.29 is 14.3 Å². The Balaban J connectivity index is 1.59. The molecular weight excluding hydrogens is 310 g/mol. The van der Waals surface area contributed by atoms with Gasteiger partial charge in [0, 0.05) is 18.5 Å². The largest absolute Gasteiger partial charge is 0.491 e. The lowest BCUT2D eigenvalue weighted by atomic mass is 10.1. The number of benzene rings is 1. The van der Waals surface area contributed by atoms with E-state index in [-0.39, 0.29) is 11.8 Å². The second-order valence-corrected chi connectivity index (χ2v) is 5.82. The molecule has 0 bridgehead atoms. The molecule has 1 aromatic carbocycles. The van der Waals surface area contributed by atoms with E-state index in [9.17, 15) is 9.59 Å². The van der Waals surface area contributed by atoms with Gasteiger partial charge in [-0.05, 0) is 31.0 Å². The van der Waals surface area contributed by atoms with Crippen molar-refractivity contribution in [2.24, 2.45) is 0 Å². The summed E-state index contributed by atoms with van der Waals surface area (Å²) in [5, 5.41) is 13.7. The van der Waals surface area contributed by atoms with Crippen LogP contribution in [0.15, 0.2) is 18.2 Å². The van der Waals surface area contributed by atoms with E-state index in [1.807, 2.05) is 4.57 Å². The minimum absolute atomic E-state index is 0.239. The van der Waals surface area contributed by atoms with Gasteiger partial charge in [-0.3, -0.25) is 19.5 Å². The van der Waals surface area contributed by atoms with Gasteiger partial charge < -0.3 is 10.1 Å². The number of hydrogen-bond acceptors (Lipinski definition) is 5. The maximum atomic E-state index is 12.5. The van der Waals surface area contributed by atoms with Crippen LogP contribution in [0.25, 0.3) is 0 Å². The van der Waals surface area contributed by atoms with Gasteiger partial charge >= 0.3 is 0 Å². The number of aryl methyl sites for hydroxylation is 1. The Bertz CT molecular complexity index is 814. The fourth-order valence-electron chi connectivity index (χ4n) is 2.97. The van der Waals surface area contributed by atoms with Crippen molar-refractivity contribution in [1.82, 2.24) is 20.1 Å². The summed E-state index contributed by atoms with van der Waals surface area (Å²) in [5.74, 6) is 1.27. The van der Waals surface area contributed by atoms with Gasteiger partial charge in [0.25, 0.3) is 11.8 Å². The molecule has 0 fully saturated rings. The van der Waals surface area contributed by atoms with Gasteiger partial charge in [-0.15, -0.1) is 10.2 Å². The van der Waals surface area contributed by atoms with Gasteiger partial charge in [-0.1, -0.05) is 0 Å². The number of ether oxygens (including phenoxy) is 1. The summed E-state index contributed by atoms with van der Waals surface area (Å²) >= 11 is 0. The zero-order chi connectivity index (χ0) is 16.5. The van der Waals surface area contributed by atoms with Gasteiger partial charge in [0.2, 0.25) is 5.95 Å². The third-order valence-corrected chi connectivity index (χ3v) is 4.22. The molecule has 2 N–H and O–H groups in total. The molecule has 0 saturated heterocycles. The number of aromatic nitrogens is 3. The molecule has 3 heterocycles. The van der Waals surface area contributed by atoms with Crippen LogP contribution < -0.4 is 15.4 Å². The predicted molar refractivity (Wildman–Crippen MR) is 85.2 cm³/mol. The molecule has 0 unspecified atom stereocenters. The fraction of sp³-hybridized carbons (Fsp3) is 0.375. The molecule has 2 aliphatic rings. The maximum absolute atomic E-state index is 12.5. The first-order chi connectivity index (χ1) is 11.7. The fourth-order valence-corrected chi connectivity index (χ4v) is 2.97. The highest BCUT2D eigenvalue weighted by Gasteiger charge is 2.21. The van der Waals surface area contributed by atoms with Crippen LogP contribution in [0.5, 0.6) is 5.75 Å². The number of hydrogen-bond donors (Lipinski definition) is 2. The van der Waals surface area contributed by atoms with Crippen molar-refractivity contribution in [3.63, 3.8) is 0 Å². The maximum Gasteiger partial charge on any atom is 0.258 e. The molecule has 124 valence electrons. The zero-order valence-electron chi connectivity index (χ0n) is 13.0. The molecule has 8 heteroatoms. The van der Waals surface area contributed by atoms with E-state index in [1.54, 1.807) is 18.2 Å². The number of amides is 2. The summed E-state index contributed by atoms with van der Waals surface area (Å²) in [6, 6.07) is 4.83. The van der Waals surface area contributed by atoms with Crippen LogP contribution in [-0.2, 0) is 13.0 Å². The van der Waals surface area contributed by atoms with Gasteiger partial charge in [-0.2, -0.15) is 0 Å². The average molecular weight is 327 g/mol. The Morgan fingerprint density at radius 3 is 3.12 bits per heavy atom. The summed E-state index contributed by atoms with van der Waals surface area (Å²) < 4.78 is 7.42. The molecule has 0 spiro atoms. The normalized spacial score (nSPS) is 16.2. The lowest BCUT2D eigenvalue weighted by molar-refractivity contribution is 0.0957. The molecule has 8 nitrogen and oxygen atoms in total. The van der Waals surface area contributed by atoms with E-state index < -0.39 is 0 Å². The van der Waals surface area contributed by atoms with Gasteiger partial charge in [-0.25, -0.2) is 0 Å². The molecule has 0 radical (unpaired) electrons. The third kappa shape index (κ3) is 2.60. The van der Waals surface area contributed by atoms with Crippen molar-refractivity contribution in [2.75, 3.05) is 18.5 Å². The van der Waals surface area contributed by atoms with Crippen LogP contribution in [0, 0.1) is 0 Å².